The minimum atomic E-state index is -0.422. The molecule has 0 unspecified atom stereocenters. The normalized spacial score (nSPS) is 11.4. The van der Waals surface area contributed by atoms with Crippen LogP contribution >= 0.6 is 0 Å². The molecule has 0 atom stereocenters. The van der Waals surface area contributed by atoms with Gasteiger partial charge in [-0.2, -0.15) is 0 Å². The van der Waals surface area contributed by atoms with Gasteiger partial charge in [-0.1, -0.05) is 13.8 Å². The second-order valence-electron chi connectivity index (χ2n) is 5.32. The number of nitro groups is 1. The molecule has 0 spiro atoms. The molecule has 0 saturated heterocycles. The van der Waals surface area contributed by atoms with Crippen LogP contribution in [0, 0.1) is 22.5 Å². The summed E-state index contributed by atoms with van der Waals surface area (Å²) in [5.74, 6) is 0.661. The molecule has 0 aliphatic carbocycles. The molecule has 0 aliphatic rings. The van der Waals surface area contributed by atoms with Crippen molar-refractivity contribution in [2.24, 2.45) is 5.41 Å². The van der Waals surface area contributed by atoms with Crippen LogP contribution in [0.3, 0.4) is 0 Å². The Labute approximate surface area is 113 Å². The lowest BCUT2D eigenvalue weighted by molar-refractivity contribution is -0.385. The number of hydrogen-bond acceptors (Lipinski definition) is 5. The maximum atomic E-state index is 10.7. The van der Waals surface area contributed by atoms with Crippen molar-refractivity contribution in [1.82, 2.24) is 4.98 Å². The standard InChI is InChI=1S/C13H21N3O3/c1-10-11(16(17)18)5-6-12(15-10)14-9-13(2,3)7-8-19-4/h5-6H,7-9H2,1-4H3,(H,14,15). The van der Waals surface area contributed by atoms with Crippen molar-refractivity contribution in [2.75, 3.05) is 25.6 Å². The number of aryl methyl sites for hydroxylation is 1. The Hall–Kier alpha value is -1.69. The van der Waals surface area contributed by atoms with Crippen LogP contribution in [-0.2, 0) is 4.74 Å². The van der Waals surface area contributed by atoms with Crippen LogP contribution in [0.4, 0.5) is 11.5 Å². The van der Waals surface area contributed by atoms with Crippen molar-refractivity contribution in [3.8, 4) is 0 Å². The van der Waals surface area contributed by atoms with Crippen molar-refractivity contribution >= 4 is 11.5 Å². The monoisotopic (exact) mass is 267 g/mol. The van der Waals surface area contributed by atoms with E-state index in [4.69, 9.17) is 4.74 Å². The number of pyridine rings is 1. The smallest absolute Gasteiger partial charge is 0.290 e. The molecule has 1 N–H and O–H groups in total. The molecule has 0 aliphatic heterocycles. The molecule has 0 fully saturated rings. The maximum Gasteiger partial charge on any atom is 0.290 e. The Morgan fingerprint density at radius 1 is 1.47 bits per heavy atom. The van der Waals surface area contributed by atoms with Gasteiger partial charge < -0.3 is 10.1 Å². The molecule has 0 radical (unpaired) electrons. The summed E-state index contributed by atoms with van der Waals surface area (Å²) in [6.07, 6.45) is 0.933. The number of anilines is 1. The Balaban J connectivity index is 2.63. The molecule has 1 aromatic heterocycles. The Morgan fingerprint density at radius 2 is 2.16 bits per heavy atom. The van der Waals surface area contributed by atoms with Crippen molar-refractivity contribution in [1.29, 1.82) is 0 Å². The summed E-state index contributed by atoms with van der Waals surface area (Å²) in [5.41, 5.74) is 0.543. The zero-order valence-corrected chi connectivity index (χ0v) is 11.9. The van der Waals surface area contributed by atoms with Gasteiger partial charge >= 0.3 is 0 Å². The molecule has 0 amide bonds. The molecule has 0 bridgehead atoms. The van der Waals surface area contributed by atoms with Gasteiger partial charge in [-0.05, 0) is 24.8 Å². The average molecular weight is 267 g/mol. The van der Waals surface area contributed by atoms with Gasteiger partial charge in [0.05, 0.1) is 4.92 Å². The van der Waals surface area contributed by atoms with E-state index in [1.54, 1.807) is 20.1 Å². The van der Waals surface area contributed by atoms with Crippen LogP contribution in [0.2, 0.25) is 0 Å². The first-order chi connectivity index (χ1) is 8.85. The highest BCUT2D eigenvalue weighted by molar-refractivity contribution is 5.44. The van der Waals surface area contributed by atoms with E-state index in [1.807, 2.05) is 0 Å². The summed E-state index contributed by atoms with van der Waals surface area (Å²) < 4.78 is 5.07. The quantitative estimate of drug-likeness (QED) is 0.607. The second kappa shape index (κ2) is 6.47. The van der Waals surface area contributed by atoms with Crippen LogP contribution in [0.5, 0.6) is 0 Å². The van der Waals surface area contributed by atoms with Gasteiger partial charge in [0.15, 0.2) is 0 Å². The maximum absolute atomic E-state index is 10.7. The van der Waals surface area contributed by atoms with Crippen LogP contribution in [0.1, 0.15) is 26.0 Å². The van der Waals surface area contributed by atoms with Crippen molar-refractivity contribution in [3.05, 3.63) is 27.9 Å². The Morgan fingerprint density at radius 3 is 2.68 bits per heavy atom. The van der Waals surface area contributed by atoms with Crippen LogP contribution in [-0.4, -0.2) is 30.2 Å². The summed E-state index contributed by atoms with van der Waals surface area (Å²) in [7, 11) is 1.69. The zero-order valence-electron chi connectivity index (χ0n) is 11.9. The lowest BCUT2D eigenvalue weighted by Gasteiger charge is -2.24. The zero-order chi connectivity index (χ0) is 14.5. The fourth-order valence-corrected chi connectivity index (χ4v) is 1.64. The van der Waals surface area contributed by atoms with Gasteiger partial charge in [-0.25, -0.2) is 4.98 Å². The van der Waals surface area contributed by atoms with E-state index >= 15 is 0 Å². The molecule has 6 heteroatoms. The molecule has 0 aromatic carbocycles. The number of nitrogens with one attached hydrogen (secondary N) is 1. The van der Waals surface area contributed by atoms with Crippen LogP contribution < -0.4 is 5.32 Å². The topological polar surface area (TPSA) is 77.3 Å². The van der Waals surface area contributed by atoms with Gasteiger partial charge in [0.1, 0.15) is 11.5 Å². The third kappa shape index (κ3) is 4.82. The van der Waals surface area contributed by atoms with E-state index in [1.165, 1.54) is 6.07 Å². The summed E-state index contributed by atoms with van der Waals surface area (Å²) in [6.45, 7) is 7.36. The highest BCUT2D eigenvalue weighted by Crippen LogP contribution is 2.22. The fraction of sp³-hybridized carbons (Fsp3) is 0.615. The van der Waals surface area contributed by atoms with Crippen LogP contribution in [0.25, 0.3) is 0 Å². The predicted octanol–water partition coefficient (Wildman–Crippen LogP) is 2.77. The van der Waals surface area contributed by atoms with Crippen molar-refractivity contribution in [2.45, 2.75) is 27.2 Å². The van der Waals surface area contributed by atoms with Gasteiger partial charge in [-0.3, -0.25) is 10.1 Å². The van der Waals surface area contributed by atoms with Gasteiger partial charge in [0, 0.05) is 26.3 Å². The third-order valence-electron chi connectivity index (χ3n) is 2.99. The third-order valence-corrected chi connectivity index (χ3v) is 2.99. The average Bonchev–Trinajstić information content (AvgIpc) is 2.34. The first kappa shape index (κ1) is 15.4. The number of rotatable bonds is 7. The lowest BCUT2D eigenvalue weighted by atomic mass is 9.90. The highest BCUT2D eigenvalue weighted by atomic mass is 16.6. The summed E-state index contributed by atoms with van der Waals surface area (Å²) in [6, 6.07) is 3.12. The van der Waals surface area contributed by atoms with E-state index in [0.29, 0.717) is 18.1 Å². The van der Waals surface area contributed by atoms with Crippen LogP contribution in [0.15, 0.2) is 12.1 Å². The fourth-order valence-electron chi connectivity index (χ4n) is 1.64. The molecule has 19 heavy (non-hydrogen) atoms. The SMILES string of the molecule is COCCC(C)(C)CNc1ccc([N+](=O)[O-])c(C)n1. The van der Waals surface area contributed by atoms with E-state index in [9.17, 15) is 10.1 Å². The summed E-state index contributed by atoms with van der Waals surface area (Å²) in [4.78, 5) is 14.5. The van der Waals surface area contributed by atoms with E-state index in [2.05, 4.69) is 24.1 Å². The number of aromatic nitrogens is 1. The predicted molar refractivity (Wildman–Crippen MR) is 74.4 cm³/mol. The largest absolute Gasteiger partial charge is 0.385 e. The van der Waals surface area contributed by atoms with E-state index in [0.717, 1.165) is 13.0 Å². The van der Waals surface area contributed by atoms with Gasteiger partial charge in [0.2, 0.25) is 0 Å². The van der Waals surface area contributed by atoms with Gasteiger partial charge in [0.25, 0.3) is 5.69 Å². The second-order valence-corrected chi connectivity index (χ2v) is 5.32. The van der Waals surface area contributed by atoms with E-state index in [-0.39, 0.29) is 11.1 Å². The summed E-state index contributed by atoms with van der Waals surface area (Å²) >= 11 is 0. The van der Waals surface area contributed by atoms with Crippen molar-refractivity contribution < 1.29 is 9.66 Å². The highest BCUT2D eigenvalue weighted by Gasteiger charge is 2.18. The molecule has 0 saturated carbocycles. The number of hydrogen-bond donors (Lipinski definition) is 1. The first-order valence-electron chi connectivity index (χ1n) is 6.20. The molecule has 6 nitrogen and oxygen atoms in total. The molecule has 1 aromatic rings. The molecular formula is C13H21N3O3. The Kier molecular flexibility index (Phi) is 5.23. The number of methoxy groups -OCH3 is 1. The lowest BCUT2D eigenvalue weighted by Crippen LogP contribution is -2.25. The van der Waals surface area contributed by atoms with E-state index < -0.39 is 4.92 Å². The number of ether oxygens (including phenoxy) is 1. The van der Waals surface area contributed by atoms with Gasteiger partial charge in [-0.15, -0.1) is 0 Å². The number of nitrogens with zero attached hydrogens (tertiary/aromatic N) is 2. The Bertz CT molecular complexity index is 447. The molecular weight excluding hydrogens is 246 g/mol. The minimum Gasteiger partial charge on any atom is -0.385 e. The molecule has 1 rings (SSSR count). The minimum absolute atomic E-state index is 0.0455. The first-order valence-corrected chi connectivity index (χ1v) is 6.20. The summed E-state index contributed by atoms with van der Waals surface area (Å²) in [5, 5.41) is 13.9. The molecule has 106 valence electrons. The molecule has 1 heterocycles. The van der Waals surface area contributed by atoms with Crippen molar-refractivity contribution in [3.63, 3.8) is 0 Å².